The number of nitrogens with one attached hydrogen (secondary N) is 1. The predicted molar refractivity (Wildman–Crippen MR) is 127 cm³/mol. The SMILES string of the molecule is COCOc1cc(-c2ccccc2)ccc1-c1ccc(C(=O)NCc2ccccc2)cc1. The smallest absolute Gasteiger partial charge is 0.251 e. The fourth-order valence-corrected chi connectivity index (χ4v) is 3.49. The van der Waals surface area contributed by atoms with E-state index < -0.39 is 0 Å². The summed E-state index contributed by atoms with van der Waals surface area (Å²) in [5.74, 6) is 0.630. The third-order valence-corrected chi connectivity index (χ3v) is 5.18. The quantitative estimate of drug-likeness (QED) is 0.357. The van der Waals surface area contributed by atoms with E-state index in [1.165, 1.54) is 0 Å². The number of carbonyl (C=O) groups is 1. The van der Waals surface area contributed by atoms with Crippen molar-refractivity contribution in [2.24, 2.45) is 0 Å². The molecule has 0 bridgehead atoms. The number of methoxy groups -OCH3 is 1. The van der Waals surface area contributed by atoms with Crippen LogP contribution in [0, 0.1) is 0 Å². The Balaban J connectivity index is 1.54. The Kier molecular flexibility index (Phi) is 6.95. The lowest BCUT2D eigenvalue weighted by atomic mass is 9.98. The zero-order valence-corrected chi connectivity index (χ0v) is 18.0. The maximum Gasteiger partial charge on any atom is 0.251 e. The standard InChI is InChI=1S/C28H25NO3/c1-31-20-32-27-18-25(22-10-6-3-7-11-22)16-17-26(27)23-12-14-24(15-13-23)28(30)29-19-21-8-4-2-5-9-21/h2-18H,19-20H2,1H3,(H,29,30). The van der Waals surface area contributed by atoms with Gasteiger partial charge in [-0.05, 0) is 40.5 Å². The first-order valence-electron chi connectivity index (χ1n) is 10.5. The normalized spacial score (nSPS) is 10.5. The van der Waals surface area contributed by atoms with E-state index in [2.05, 4.69) is 23.5 Å². The number of amides is 1. The van der Waals surface area contributed by atoms with Crippen molar-refractivity contribution in [3.8, 4) is 28.0 Å². The number of ether oxygens (including phenoxy) is 2. The second kappa shape index (κ2) is 10.4. The van der Waals surface area contributed by atoms with Crippen LogP contribution in [0.4, 0.5) is 0 Å². The summed E-state index contributed by atoms with van der Waals surface area (Å²) in [5.41, 5.74) is 5.78. The maximum atomic E-state index is 12.5. The van der Waals surface area contributed by atoms with Crippen LogP contribution in [-0.4, -0.2) is 19.8 Å². The fraction of sp³-hybridized carbons (Fsp3) is 0.107. The van der Waals surface area contributed by atoms with Crippen molar-refractivity contribution in [1.29, 1.82) is 0 Å². The molecule has 0 saturated heterocycles. The molecule has 4 rings (SSSR count). The molecule has 0 spiro atoms. The summed E-state index contributed by atoms with van der Waals surface area (Å²) in [7, 11) is 1.60. The van der Waals surface area contributed by atoms with Gasteiger partial charge in [0, 0.05) is 24.8 Å². The van der Waals surface area contributed by atoms with Gasteiger partial charge >= 0.3 is 0 Å². The van der Waals surface area contributed by atoms with Gasteiger partial charge in [-0.2, -0.15) is 0 Å². The van der Waals surface area contributed by atoms with E-state index in [1.807, 2.05) is 84.9 Å². The largest absolute Gasteiger partial charge is 0.467 e. The van der Waals surface area contributed by atoms with Gasteiger partial charge in [0.2, 0.25) is 0 Å². The van der Waals surface area contributed by atoms with Crippen molar-refractivity contribution >= 4 is 5.91 Å². The van der Waals surface area contributed by atoms with Crippen LogP contribution in [0.2, 0.25) is 0 Å². The van der Waals surface area contributed by atoms with Gasteiger partial charge in [-0.3, -0.25) is 4.79 Å². The molecule has 0 aromatic heterocycles. The maximum absolute atomic E-state index is 12.5. The molecule has 32 heavy (non-hydrogen) atoms. The first kappa shape index (κ1) is 21.3. The molecule has 0 saturated carbocycles. The van der Waals surface area contributed by atoms with Gasteiger partial charge in [-0.25, -0.2) is 0 Å². The molecule has 4 nitrogen and oxygen atoms in total. The van der Waals surface area contributed by atoms with E-state index in [9.17, 15) is 4.79 Å². The summed E-state index contributed by atoms with van der Waals surface area (Å²) in [5, 5.41) is 2.96. The van der Waals surface area contributed by atoms with E-state index in [0.29, 0.717) is 12.1 Å². The molecular formula is C28H25NO3. The van der Waals surface area contributed by atoms with Gasteiger partial charge in [-0.1, -0.05) is 84.9 Å². The lowest BCUT2D eigenvalue weighted by molar-refractivity contribution is 0.0516. The molecule has 0 heterocycles. The minimum atomic E-state index is -0.101. The van der Waals surface area contributed by atoms with Crippen LogP contribution in [0.25, 0.3) is 22.3 Å². The van der Waals surface area contributed by atoms with Crippen molar-refractivity contribution in [2.45, 2.75) is 6.54 Å². The van der Waals surface area contributed by atoms with E-state index in [1.54, 1.807) is 7.11 Å². The Hall–Kier alpha value is -3.89. The molecule has 0 fully saturated rings. The third kappa shape index (κ3) is 5.23. The Bertz CT molecular complexity index is 1160. The first-order valence-corrected chi connectivity index (χ1v) is 10.5. The molecule has 1 amide bonds. The van der Waals surface area contributed by atoms with Gasteiger partial charge in [0.15, 0.2) is 6.79 Å². The minimum absolute atomic E-state index is 0.101. The second-order valence-corrected chi connectivity index (χ2v) is 7.37. The summed E-state index contributed by atoms with van der Waals surface area (Å²) >= 11 is 0. The van der Waals surface area contributed by atoms with Gasteiger partial charge < -0.3 is 14.8 Å². The molecule has 0 aliphatic rings. The topological polar surface area (TPSA) is 47.6 Å². The van der Waals surface area contributed by atoms with Crippen LogP contribution in [0.3, 0.4) is 0 Å². The van der Waals surface area contributed by atoms with E-state index in [-0.39, 0.29) is 12.7 Å². The van der Waals surface area contributed by atoms with Crippen LogP contribution in [0.5, 0.6) is 5.75 Å². The number of rotatable bonds is 8. The summed E-state index contributed by atoms with van der Waals surface area (Å²) in [6.07, 6.45) is 0. The van der Waals surface area contributed by atoms with Crippen LogP contribution in [0.1, 0.15) is 15.9 Å². The van der Waals surface area contributed by atoms with Crippen molar-refractivity contribution in [1.82, 2.24) is 5.32 Å². The van der Waals surface area contributed by atoms with Crippen molar-refractivity contribution in [2.75, 3.05) is 13.9 Å². The third-order valence-electron chi connectivity index (χ3n) is 5.18. The molecule has 0 radical (unpaired) electrons. The molecule has 4 heteroatoms. The van der Waals surface area contributed by atoms with Gasteiger partial charge in [0.1, 0.15) is 5.75 Å². The Morgan fingerprint density at radius 1 is 0.750 bits per heavy atom. The molecule has 0 aliphatic heterocycles. The molecular weight excluding hydrogens is 398 g/mol. The summed E-state index contributed by atoms with van der Waals surface area (Å²) < 4.78 is 11.0. The van der Waals surface area contributed by atoms with Crippen molar-refractivity contribution in [3.63, 3.8) is 0 Å². The molecule has 160 valence electrons. The van der Waals surface area contributed by atoms with Crippen molar-refractivity contribution < 1.29 is 14.3 Å². The minimum Gasteiger partial charge on any atom is -0.467 e. The highest BCUT2D eigenvalue weighted by molar-refractivity contribution is 5.94. The van der Waals surface area contributed by atoms with E-state index in [0.717, 1.165) is 33.6 Å². The zero-order valence-electron chi connectivity index (χ0n) is 18.0. The summed E-state index contributed by atoms with van der Waals surface area (Å²) in [4.78, 5) is 12.5. The number of carbonyl (C=O) groups excluding carboxylic acids is 1. The number of hydrogen-bond donors (Lipinski definition) is 1. The molecule has 4 aromatic carbocycles. The van der Waals surface area contributed by atoms with Gasteiger partial charge in [-0.15, -0.1) is 0 Å². The Morgan fingerprint density at radius 3 is 2.09 bits per heavy atom. The van der Waals surface area contributed by atoms with Gasteiger partial charge in [0.25, 0.3) is 5.91 Å². The monoisotopic (exact) mass is 423 g/mol. The van der Waals surface area contributed by atoms with Gasteiger partial charge in [0.05, 0.1) is 0 Å². The number of hydrogen-bond acceptors (Lipinski definition) is 3. The summed E-state index contributed by atoms with van der Waals surface area (Å²) in [6.45, 7) is 0.655. The second-order valence-electron chi connectivity index (χ2n) is 7.37. The van der Waals surface area contributed by atoms with Crippen LogP contribution < -0.4 is 10.1 Å². The highest BCUT2D eigenvalue weighted by Crippen LogP contribution is 2.34. The highest BCUT2D eigenvalue weighted by Gasteiger charge is 2.11. The number of benzene rings is 4. The van der Waals surface area contributed by atoms with Crippen LogP contribution in [0.15, 0.2) is 103 Å². The Labute approximate surface area is 188 Å². The van der Waals surface area contributed by atoms with E-state index >= 15 is 0 Å². The predicted octanol–water partition coefficient (Wildman–Crippen LogP) is 5.93. The average Bonchev–Trinajstić information content (AvgIpc) is 2.87. The highest BCUT2D eigenvalue weighted by atomic mass is 16.7. The lowest BCUT2D eigenvalue weighted by Gasteiger charge is -2.14. The lowest BCUT2D eigenvalue weighted by Crippen LogP contribution is -2.22. The van der Waals surface area contributed by atoms with Crippen molar-refractivity contribution in [3.05, 3.63) is 114 Å². The molecule has 1 N–H and O–H groups in total. The zero-order chi connectivity index (χ0) is 22.2. The average molecular weight is 424 g/mol. The Morgan fingerprint density at radius 2 is 1.41 bits per heavy atom. The molecule has 0 atom stereocenters. The van der Waals surface area contributed by atoms with E-state index in [4.69, 9.17) is 9.47 Å². The van der Waals surface area contributed by atoms with Crippen LogP contribution in [-0.2, 0) is 11.3 Å². The summed E-state index contributed by atoms with van der Waals surface area (Å²) in [6, 6.07) is 33.7. The molecule has 0 unspecified atom stereocenters. The molecule has 0 aliphatic carbocycles. The fourth-order valence-electron chi connectivity index (χ4n) is 3.49. The molecule has 4 aromatic rings. The van der Waals surface area contributed by atoms with Crippen LogP contribution >= 0.6 is 0 Å². The first-order chi connectivity index (χ1) is 15.7.